The monoisotopic (exact) mass is 292 g/mol. The molecule has 1 aliphatic heterocycles. The van der Waals surface area contributed by atoms with Crippen LogP contribution in [0.25, 0.3) is 0 Å². The van der Waals surface area contributed by atoms with E-state index >= 15 is 0 Å². The molecule has 1 heterocycles. The fraction of sp³-hybridized carbons (Fsp3) is 0.500. The number of nitrogens with zero attached hydrogens (tertiary/aromatic N) is 1. The molecule has 1 aromatic carbocycles. The van der Waals surface area contributed by atoms with Crippen molar-refractivity contribution in [1.82, 2.24) is 10.2 Å². The van der Waals surface area contributed by atoms with Gasteiger partial charge in [0.25, 0.3) is 0 Å². The number of nitrogens with one attached hydrogen (secondary N) is 1. The Bertz CT molecular complexity index is 559. The summed E-state index contributed by atoms with van der Waals surface area (Å²) in [5.74, 6) is -0.572. The number of aryl methyl sites for hydroxylation is 1. The summed E-state index contributed by atoms with van der Waals surface area (Å²) in [6.45, 7) is 5.80. The Labute approximate surface area is 124 Å². The maximum Gasteiger partial charge on any atom is 0.246 e. The molecule has 0 aliphatic carbocycles. The van der Waals surface area contributed by atoms with Crippen molar-refractivity contribution in [3.63, 3.8) is 0 Å². The molecule has 0 bridgehead atoms. The highest BCUT2D eigenvalue weighted by Crippen LogP contribution is 2.19. The van der Waals surface area contributed by atoms with Crippen LogP contribution in [0, 0.1) is 12.7 Å². The van der Waals surface area contributed by atoms with Gasteiger partial charge in [-0.15, -0.1) is 0 Å². The van der Waals surface area contributed by atoms with Crippen LogP contribution in [0.2, 0.25) is 0 Å². The van der Waals surface area contributed by atoms with Gasteiger partial charge in [0.15, 0.2) is 0 Å². The lowest BCUT2D eigenvalue weighted by Crippen LogP contribution is -2.61. The number of hydrogen-bond donors (Lipinski definition) is 1. The summed E-state index contributed by atoms with van der Waals surface area (Å²) in [5.41, 5.74) is 1.65. The molecule has 1 aliphatic rings. The average Bonchev–Trinajstić information content (AvgIpc) is 2.44. The first-order valence-corrected chi connectivity index (χ1v) is 7.30. The Morgan fingerprint density at radius 2 is 2.05 bits per heavy atom. The predicted molar refractivity (Wildman–Crippen MR) is 78.0 cm³/mol. The molecule has 1 N–H and O–H groups in total. The van der Waals surface area contributed by atoms with E-state index in [1.54, 1.807) is 17.9 Å². The molecule has 1 aromatic rings. The molecule has 5 heteroatoms. The first kappa shape index (κ1) is 15.5. The van der Waals surface area contributed by atoms with Crippen LogP contribution in [0.5, 0.6) is 0 Å². The van der Waals surface area contributed by atoms with Gasteiger partial charge in [-0.1, -0.05) is 19.4 Å². The van der Waals surface area contributed by atoms with E-state index in [2.05, 4.69) is 5.32 Å². The lowest BCUT2D eigenvalue weighted by molar-refractivity contribution is -0.149. The Hall–Kier alpha value is -1.91. The molecule has 1 saturated heterocycles. The van der Waals surface area contributed by atoms with E-state index in [9.17, 15) is 14.0 Å². The van der Waals surface area contributed by atoms with E-state index in [1.165, 1.54) is 12.1 Å². The van der Waals surface area contributed by atoms with Gasteiger partial charge in [0.1, 0.15) is 17.9 Å². The lowest BCUT2D eigenvalue weighted by Gasteiger charge is -2.37. The molecule has 0 aromatic heterocycles. The largest absolute Gasteiger partial charge is 0.343 e. The van der Waals surface area contributed by atoms with Crippen molar-refractivity contribution in [1.29, 1.82) is 0 Å². The Kier molecular flexibility index (Phi) is 4.60. The van der Waals surface area contributed by atoms with Crippen LogP contribution in [0.3, 0.4) is 0 Å². The predicted octanol–water partition coefficient (Wildman–Crippen LogP) is 2.15. The summed E-state index contributed by atoms with van der Waals surface area (Å²) in [7, 11) is 0. The van der Waals surface area contributed by atoms with E-state index in [4.69, 9.17) is 0 Å². The molecule has 0 radical (unpaired) electrons. The van der Waals surface area contributed by atoms with E-state index < -0.39 is 12.1 Å². The summed E-state index contributed by atoms with van der Waals surface area (Å²) in [5, 5.41) is 2.75. The number of halogens is 1. The van der Waals surface area contributed by atoms with Gasteiger partial charge in [-0.2, -0.15) is 0 Å². The SMILES string of the molecule is CCCC1NC(=O)C(C)N(Cc2cc(F)ccc2C)C1=O. The minimum atomic E-state index is -0.534. The van der Waals surface area contributed by atoms with Crippen LogP contribution >= 0.6 is 0 Å². The van der Waals surface area contributed by atoms with Gasteiger partial charge in [0.05, 0.1) is 0 Å². The second kappa shape index (κ2) is 6.24. The smallest absolute Gasteiger partial charge is 0.246 e. The van der Waals surface area contributed by atoms with Crippen molar-refractivity contribution in [3.8, 4) is 0 Å². The van der Waals surface area contributed by atoms with Gasteiger partial charge < -0.3 is 10.2 Å². The summed E-state index contributed by atoms with van der Waals surface area (Å²) in [4.78, 5) is 26.0. The molecule has 4 nitrogen and oxygen atoms in total. The summed E-state index contributed by atoms with van der Waals surface area (Å²) in [6.07, 6.45) is 1.44. The molecule has 2 amide bonds. The van der Waals surface area contributed by atoms with E-state index in [-0.39, 0.29) is 24.2 Å². The Balaban J connectivity index is 2.25. The molecular weight excluding hydrogens is 271 g/mol. The van der Waals surface area contributed by atoms with Crippen molar-refractivity contribution in [3.05, 3.63) is 35.1 Å². The van der Waals surface area contributed by atoms with Crippen molar-refractivity contribution in [2.24, 2.45) is 0 Å². The summed E-state index contributed by atoms with van der Waals surface area (Å²) < 4.78 is 13.4. The van der Waals surface area contributed by atoms with Crippen molar-refractivity contribution < 1.29 is 14.0 Å². The minimum absolute atomic E-state index is 0.0902. The third-order valence-electron chi connectivity index (χ3n) is 3.97. The molecule has 1 fully saturated rings. The van der Waals surface area contributed by atoms with Gasteiger partial charge in [0, 0.05) is 6.54 Å². The topological polar surface area (TPSA) is 49.4 Å². The first-order valence-electron chi connectivity index (χ1n) is 7.30. The van der Waals surface area contributed by atoms with Crippen LogP contribution in [-0.2, 0) is 16.1 Å². The first-order chi connectivity index (χ1) is 9.93. The number of carbonyl (C=O) groups excluding carboxylic acids is 2. The van der Waals surface area contributed by atoms with Crippen molar-refractivity contribution >= 4 is 11.8 Å². The molecule has 0 spiro atoms. The number of carbonyl (C=O) groups is 2. The van der Waals surface area contributed by atoms with Crippen LogP contribution in [-0.4, -0.2) is 28.8 Å². The zero-order valence-electron chi connectivity index (χ0n) is 12.6. The Morgan fingerprint density at radius 3 is 2.71 bits per heavy atom. The molecule has 114 valence electrons. The van der Waals surface area contributed by atoms with E-state index in [1.807, 2.05) is 13.8 Å². The maximum atomic E-state index is 13.4. The number of rotatable bonds is 4. The van der Waals surface area contributed by atoms with Crippen molar-refractivity contribution in [2.45, 2.75) is 52.2 Å². The normalized spacial score (nSPS) is 22.4. The number of amides is 2. The third kappa shape index (κ3) is 3.23. The maximum absolute atomic E-state index is 13.4. The molecule has 2 rings (SSSR count). The quantitative estimate of drug-likeness (QED) is 0.924. The average molecular weight is 292 g/mol. The lowest BCUT2D eigenvalue weighted by atomic mass is 10.0. The molecular formula is C16H21FN2O2. The molecule has 2 atom stereocenters. The zero-order valence-corrected chi connectivity index (χ0v) is 12.6. The highest BCUT2D eigenvalue weighted by molar-refractivity contribution is 5.96. The molecule has 0 saturated carbocycles. The zero-order chi connectivity index (χ0) is 15.6. The van der Waals surface area contributed by atoms with Gasteiger partial charge in [-0.05, 0) is 43.5 Å². The summed E-state index contributed by atoms with van der Waals surface area (Å²) >= 11 is 0. The van der Waals surface area contributed by atoms with Gasteiger partial charge >= 0.3 is 0 Å². The summed E-state index contributed by atoms with van der Waals surface area (Å²) in [6, 6.07) is 3.51. The Morgan fingerprint density at radius 1 is 1.33 bits per heavy atom. The standard InChI is InChI=1S/C16H21FN2O2/c1-4-5-14-16(21)19(11(3)15(20)18-14)9-12-8-13(17)7-6-10(12)2/h6-8,11,14H,4-5,9H2,1-3H3,(H,18,20). The second-order valence-electron chi connectivity index (χ2n) is 5.56. The van der Waals surface area contributed by atoms with Gasteiger partial charge in [-0.3, -0.25) is 9.59 Å². The molecule has 21 heavy (non-hydrogen) atoms. The fourth-order valence-electron chi connectivity index (χ4n) is 2.58. The van der Waals surface area contributed by atoms with Crippen LogP contribution < -0.4 is 5.32 Å². The highest BCUT2D eigenvalue weighted by Gasteiger charge is 2.37. The molecule has 2 unspecified atom stereocenters. The van der Waals surface area contributed by atoms with E-state index in [0.717, 1.165) is 17.5 Å². The fourth-order valence-corrected chi connectivity index (χ4v) is 2.58. The third-order valence-corrected chi connectivity index (χ3v) is 3.97. The highest BCUT2D eigenvalue weighted by atomic mass is 19.1. The van der Waals surface area contributed by atoms with Crippen LogP contribution in [0.4, 0.5) is 4.39 Å². The van der Waals surface area contributed by atoms with Gasteiger partial charge in [-0.25, -0.2) is 4.39 Å². The van der Waals surface area contributed by atoms with E-state index in [0.29, 0.717) is 6.42 Å². The number of piperazine rings is 1. The van der Waals surface area contributed by atoms with Gasteiger partial charge in [0.2, 0.25) is 11.8 Å². The van der Waals surface area contributed by atoms with Crippen LogP contribution in [0.1, 0.15) is 37.8 Å². The number of hydrogen-bond acceptors (Lipinski definition) is 2. The number of benzene rings is 1. The van der Waals surface area contributed by atoms with Crippen molar-refractivity contribution in [2.75, 3.05) is 0 Å². The minimum Gasteiger partial charge on any atom is -0.343 e. The van der Waals surface area contributed by atoms with Crippen LogP contribution in [0.15, 0.2) is 18.2 Å². The second-order valence-corrected chi connectivity index (χ2v) is 5.56.